The van der Waals surface area contributed by atoms with E-state index in [0.29, 0.717) is 5.92 Å². The molecule has 78 valence electrons. The zero-order chi connectivity index (χ0) is 9.90. The maximum atomic E-state index is 10.9. The smallest absolute Gasteiger partial charge is 0.264 e. The van der Waals surface area contributed by atoms with Crippen molar-refractivity contribution in [2.45, 2.75) is 45.1 Å². The summed E-state index contributed by atoms with van der Waals surface area (Å²) in [4.78, 5) is 0. The van der Waals surface area contributed by atoms with Gasteiger partial charge in [0.15, 0.2) is 0 Å². The zero-order valence-corrected chi connectivity index (χ0v) is 9.14. The van der Waals surface area contributed by atoms with Gasteiger partial charge >= 0.3 is 0 Å². The lowest BCUT2D eigenvalue weighted by molar-refractivity contribution is 0.131. The molecule has 1 fully saturated rings. The Kier molecular flexibility index (Phi) is 3.74. The molecule has 0 spiro atoms. The molecule has 0 N–H and O–H groups in total. The van der Waals surface area contributed by atoms with Crippen molar-refractivity contribution < 1.29 is 12.6 Å². The molecule has 13 heavy (non-hydrogen) atoms. The molecule has 1 rings (SSSR count). The summed E-state index contributed by atoms with van der Waals surface area (Å²) in [5.74, 6) is 0.434. The lowest BCUT2D eigenvalue weighted by atomic mass is 9.86. The first kappa shape index (κ1) is 11.0. The molecule has 0 unspecified atom stereocenters. The van der Waals surface area contributed by atoms with E-state index in [2.05, 4.69) is 0 Å². The molecular formula is C9H18O3S. The van der Waals surface area contributed by atoms with Gasteiger partial charge in [-0.1, -0.05) is 19.3 Å². The second-order valence-electron chi connectivity index (χ2n) is 3.90. The number of hydrogen-bond acceptors (Lipinski definition) is 3. The first-order chi connectivity index (χ1) is 5.99. The van der Waals surface area contributed by atoms with E-state index in [0.717, 1.165) is 19.1 Å². The summed E-state index contributed by atoms with van der Waals surface area (Å²) >= 11 is 0. The minimum atomic E-state index is -3.27. The average molecular weight is 206 g/mol. The predicted octanol–water partition coefficient (Wildman–Crippen LogP) is 1.93. The molecule has 0 radical (unpaired) electrons. The van der Waals surface area contributed by atoms with Gasteiger partial charge in [-0.2, -0.15) is 8.42 Å². The number of rotatable bonds is 3. The molecule has 0 aromatic heterocycles. The molecule has 3 nitrogen and oxygen atoms in total. The Bertz CT molecular complexity index is 240. The van der Waals surface area contributed by atoms with E-state index in [1.165, 1.54) is 19.3 Å². The molecule has 1 aliphatic carbocycles. The quantitative estimate of drug-likeness (QED) is 0.663. The summed E-state index contributed by atoms with van der Waals surface area (Å²) in [6.07, 6.45) is 6.89. The van der Waals surface area contributed by atoms with Gasteiger partial charge in [-0.15, -0.1) is 0 Å². The van der Waals surface area contributed by atoms with Gasteiger partial charge < -0.3 is 0 Å². The van der Waals surface area contributed by atoms with E-state index >= 15 is 0 Å². The van der Waals surface area contributed by atoms with Gasteiger partial charge in [0.25, 0.3) is 10.1 Å². The fourth-order valence-electron chi connectivity index (χ4n) is 1.96. The molecule has 0 amide bonds. The molecule has 0 aromatic carbocycles. The summed E-state index contributed by atoms with van der Waals surface area (Å²) in [5, 5.41) is 0. The van der Waals surface area contributed by atoms with Gasteiger partial charge in [0.1, 0.15) is 0 Å². The Morgan fingerprint density at radius 1 is 1.23 bits per heavy atom. The van der Waals surface area contributed by atoms with Crippen LogP contribution < -0.4 is 0 Å². The lowest BCUT2D eigenvalue weighted by Crippen LogP contribution is -2.25. The standard InChI is InChI=1S/C9H18O3S/c1-8(12-13(2,10)11)9-6-4-3-5-7-9/h8-9H,3-7H2,1-2H3/t8-/m1/s1. The second kappa shape index (κ2) is 4.42. The van der Waals surface area contributed by atoms with Crippen molar-refractivity contribution >= 4 is 10.1 Å². The number of hydrogen-bond donors (Lipinski definition) is 0. The van der Waals surface area contributed by atoms with Crippen LogP contribution in [0.1, 0.15) is 39.0 Å². The third kappa shape index (κ3) is 4.09. The molecule has 1 atom stereocenters. The van der Waals surface area contributed by atoms with Crippen LogP contribution >= 0.6 is 0 Å². The largest absolute Gasteiger partial charge is 0.267 e. The maximum Gasteiger partial charge on any atom is 0.264 e. The zero-order valence-electron chi connectivity index (χ0n) is 8.32. The molecule has 0 aliphatic heterocycles. The highest BCUT2D eigenvalue weighted by atomic mass is 32.2. The van der Waals surface area contributed by atoms with E-state index in [-0.39, 0.29) is 6.10 Å². The SMILES string of the molecule is C[C@@H](OS(C)(=O)=O)C1CCCCC1. The van der Waals surface area contributed by atoms with Gasteiger partial charge in [0.05, 0.1) is 12.4 Å². The third-order valence-electron chi connectivity index (χ3n) is 2.64. The molecule has 1 saturated carbocycles. The van der Waals surface area contributed by atoms with Crippen LogP contribution in [0.15, 0.2) is 0 Å². The van der Waals surface area contributed by atoms with Crippen LogP contribution in [0.3, 0.4) is 0 Å². The van der Waals surface area contributed by atoms with E-state index < -0.39 is 10.1 Å². The second-order valence-corrected chi connectivity index (χ2v) is 5.50. The van der Waals surface area contributed by atoms with Gasteiger partial charge in [-0.05, 0) is 25.7 Å². The summed E-state index contributed by atoms with van der Waals surface area (Å²) in [6.45, 7) is 1.86. The molecule has 0 saturated heterocycles. The third-order valence-corrected chi connectivity index (χ3v) is 3.29. The minimum Gasteiger partial charge on any atom is -0.267 e. The fourth-order valence-corrected chi connectivity index (χ4v) is 2.67. The van der Waals surface area contributed by atoms with Crippen molar-refractivity contribution in [3.63, 3.8) is 0 Å². The molecule has 0 bridgehead atoms. The van der Waals surface area contributed by atoms with E-state index in [1.54, 1.807) is 0 Å². The molecule has 0 aromatic rings. The van der Waals surface area contributed by atoms with Crippen LogP contribution in [0.4, 0.5) is 0 Å². The van der Waals surface area contributed by atoms with Crippen molar-refractivity contribution in [2.24, 2.45) is 5.92 Å². The Hall–Kier alpha value is -0.0900. The van der Waals surface area contributed by atoms with Gasteiger partial charge in [0.2, 0.25) is 0 Å². The Labute approximate surface area is 80.6 Å². The summed E-state index contributed by atoms with van der Waals surface area (Å²) in [7, 11) is -3.27. The summed E-state index contributed by atoms with van der Waals surface area (Å²) in [6, 6.07) is 0. The Morgan fingerprint density at radius 2 is 1.77 bits per heavy atom. The Balaban J connectivity index is 2.42. The molecule has 1 aliphatic rings. The van der Waals surface area contributed by atoms with Gasteiger partial charge in [-0.3, -0.25) is 4.18 Å². The van der Waals surface area contributed by atoms with Gasteiger partial charge in [0, 0.05) is 0 Å². The highest BCUT2D eigenvalue weighted by molar-refractivity contribution is 7.86. The van der Waals surface area contributed by atoms with E-state index in [9.17, 15) is 8.42 Å². The van der Waals surface area contributed by atoms with E-state index in [4.69, 9.17) is 4.18 Å². The summed E-state index contributed by atoms with van der Waals surface area (Å²) in [5.41, 5.74) is 0. The maximum absolute atomic E-state index is 10.9. The van der Waals surface area contributed by atoms with Crippen molar-refractivity contribution in [3.05, 3.63) is 0 Å². The lowest BCUT2D eigenvalue weighted by Gasteiger charge is -2.26. The van der Waals surface area contributed by atoms with Crippen LogP contribution in [-0.4, -0.2) is 20.8 Å². The van der Waals surface area contributed by atoms with Gasteiger partial charge in [-0.25, -0.2) is 0 Å². The van der Waals surface area contributed by atoms with Crippen molar-refractivity contribution in [1.82, 2.24) is 0 Å². The van der Waals surface area contributed by atoms with Crippen molar-refractivity contribution in [2.75, 3.05) is 6.26 Å². The van der Waals surface area contributed by atoms with Crippen LogP contribution in [0.2, 0.25) is 0 Å². The predicted molar refractivity (Wildman–Crippen MR) is 52.0 cm³/mol. The van der Waals surface area contributed by atoms with Crippen molar-refractivity contribution in [3.8, 4) is 0 Å². The normalized spacial score (nSPS) is 22.9. The van der Waals surface area contributed by atoms with Crippen LogP contribution in [0.25, 0.3) is 0 Å². The monoisotopic (exact) mass is 206 g/mol. The average Bonchev–Trinajstić information content (AvgIpc) is 2.03. The van der Waals surface area contributed by atoms with Crippen LogP contribution in [0, 0.1) is 5.92 Å². The highest BCUT2D eigenvalue weighted by Crippen LogP contribution is 2.28. The van der Waals surface area contributed by atoms with Crippen molar-refractivity contribution in [1.29, 1.82) is 0 Å². The van der Waals surface area contributed by atoms with Crippen LogP contribution in [-0.2, 0) is 14.3 Å². The van der Waals surface area contributed by atoms with E-state index in [1.807, 2.05) is 6.92 Å². The Morgan fingerprint density at radius 3 is 2.23 bits per heavy atom. The summed E-state index contributed by atoms with van der Waals surface area (Å²) < 4.78 is 26.7. The first-order valence-electron chi connectivity index (χ1n) is 4.87. The first-order valence-corrected chi connectivity index (χ1v) is 6.69. The minimum absolute atomic E-state index is 0.143. The highest BCUT2D eigenvalue weighted by Gasteiger charge is 2.23. The van der Waals surface area contributed by atoms with Crippen LogP contribution in [0.5, 0.6) is 0 Å². The fraction of sp³-hybridized carbons (Fsp3) is 1.00. The molecular weight excluding hydrogens is 188 g/mol. The topological polar surface area (TPSA) is 43.4 Å². The molecule has 0 heterocycles. The molecule has 4 heteroatoms.